The quantitative estimate of drug-likeness (QED) is 0.311. The molecule has 0 aliphatic rings. The van der Waals surface area contributed by atoms with Crippen molar-refractivity contribution in [2.45, 2.75) is 0 Å². The molecule has 0 radical (unpaired) electrons. The van der Waals surface area contributed by atoms with Gasteiger partial charge in [-0.15, -0.1) is 40.8 Å². The first-order chi connectivity index (χ1) is 7.36. The van der Waals surface area contributed by atoms with E-state index in [-0.39, 0.29) is 15.9 Å². The number of benzene rings is 3. The summed E-state index contributed by atoms with van der Waals surface area (Å²) in [5.41, 5.74) is 0. The van der Waals surface area contributed by atoms with Crippen LogP contribution in [0.15, 0.2) is 48.5 Å². The van der Waals surface area contributed by atoms with Crippen LogP contribution in [-0.2, 0) is 0 Å². The summed E-state index contributed by atoms with van der Waals surface area (Å²) in [6.07, 6.45) is 0. The van der Waals surface area contributed by atoms with E-state index in [0.29, 0.717) is 0 Å². The Hall–Kier alpha value is -1.85. The first-order valence-corrected chi connectivity index (χ1v) is 4.85. The maximum atomic E-state index is 11.8. The fraction of sp³-hybridized carbons (Fsp3) is 0. The van der Waals surface area contributed by atoms with Gasteiger partial charge in [0.25, 0.3) is 0 Å². The monoisotopic (exact) mass is 201 g/mol. The molecular formula is C14H8BeO. The number of hydrogen-bond acceptors (Lipinski definition) is 1. The van der Waals surface area contributed by atoms with E-state index in [0.717, 1.165) is 21.5 Å². The van der Waals surface area contributed by atoms with E-state index in [1.54, 1.807) is 12.1 Å². The molecule has 3 rings (SSSR count). The molecule has 0 aliphatic carbocycles. The molecule has 0 unspecified atom stereocenters. The molecule has 0 aromatic heterocycles. The Balaban J connectivity index is 0.000000963. The van der Waals surface area contributed by atoms with Crippen LogP contribution in [0, 0.1) is 6.07 Å². The average Bonchev–Trinajstić information content (AvgIpc) is 2.29. The van der Waals surface area contributed by atoms with Crippen LogP contribution in [0.3, 0.4) is 0 Å². The minimum Gasteiger partial charge on any atom is -0.879 e. The van der Waals surface area contributed by atoms with Gasteiger partial charge in [0.2, 0.25) is 0 Å². The van der Waals surface area contributed by atoms with Gasteiger partial charge in [-0.3, -0.25) is 0 Å². The summed E-state index contributed by atoms with van der Waals surface area (Å²) in [5.74, 6) is 0.0700. The fourth-order valence-electron chi connectivity index (χ4n) is 1.94. The van der Waals surface area contributed by atoms with E-state index >= 15 is 0 Å². The van der Waals surface area contributed by atoms with E-state index in [2.05, 4.69) is 6.07 Å². The second kappa shape index (κ2) is 3.96. The zero-order valence-corrected chi connectivity index (χ0v) is 8.73. The minimum absolute atomic E-state index is 0. The Morgan fingerprint density at radius 3 is 2.50 bits per heavy atom. The maximum absolute atomic E-state index is 11.8. The van der Waals surface area contributed by atoms with Crippen molar-refractivity contribution < 1.29 is 5.11 Å². The van der Waals surface area contributed by atoms with E-state index in [4.69, 9.17) is 0 Å². The second-order valence-corrected chi connectivity index (χ2v) is 3.55. The molecule has 0 amide bonds. The molecule has 0 bridgehead atoms. The first-order valence-electron chi connectivity index (χ1n) is 4.85. The Bertz CT molecular complexity index is 646. The number of rotatable bonds is 0. The molecule has 0 saturated heterocycles. The summed E-state index contributed by atoms with van der Waals surface area (Å²) in [4.78, 5) is 0. The maximum Gasteiger partial charge on any atom is 2.00 e. The van der Waals surface area contributed by atoms with Crippen LogP contribution in [0.5, 0.6) is 5.75 Å². The van der Waals surface area contributed by atoms with E-state index < -0.39 is 0 Å². The van der Waals surface area contributed by atoms with Crippen molar-refractivity contribution in [3.05, 3.63) is 54.6 Å². The Morgan fingerprint density at radius 1 is 0.875 bits per heavy atom. The number of fused-ring (bicyclic) bond motifs is 3. The van der Waals surface area contributed by atoms with Gasteiger partial charge >= 0.3 is 10.1 Å². The van der Waals surface area contributed by atoms with Crippen LogP contribution in [-0.4, -0.2) is 10.1 Å². The fourth-order valence-corrected chi connectivity index (χ4v) is 1.94. The van der Waals surface area contributed by atoms with Crippen molar-refractivity contribution in [2.75, 3.05) is 0 Å². The van der Waals surface area contributed by atoms with Crippen molar-refractivity contribution in [1.82, 2.24) is 0 Å². The van der Waals surface area contributed by atoms with E-state index in [9.17, 15) is 5.11 Å². The molecule has 0 heterocycles. The molecule has 0 saturated carbocycles. The van der Waals surface area contributed by atoms with Gasteiger partial charge in [0.05, 0.1) is 0 Å². The molecular weight excluding hydrogens is 193 g/mol. The Morgan fingerprint density at radius 2 is 1.62 bits per heavy atom. The number of hydrogen-bond donors (Lipinski definition) is 0. The molecule has 3 aromatic rings. The molecule has 1 nitrogen and oxygen atoms in total. The molecule has 3 aromatic carbocycles. The van der Waals surface area contributed by atoms with Crippen LogP contribution in [0.25, 0.3) is 21.5 Å². The SMILES string of the molecule is [Be+2].[O-]c1cccc2ccc3ccc[c-]c3c12. The average molecular weight is 201 g/mol. The first kappa shape index (κ1) is 10.7. The summed E-state index contributed by atoms with van der Waals surface area (Å²) in [5, 5.41) is 15.5. The third kappa shape index (κ3) is 1.46. The van der Waals surface area contributed by atoms with Gasteiger partial charge in [-0.1, -0.05) is 41.1 Å². The molecule has 16 heavy (non-hydrogen) atoms. The van der Waals surface area contributed by atoms with Crippen LogP contribution < -0.4 is 5.11 Å². The minimum atomic E-state index is 0. The van der Waals surface area contributed by atoms with Gasteiger partial charge < -0.3 is 5.11 Å². The molecule has 0 spiro atoms. The third-order valence-corrected chi connectivity index (χ3v) is 2.64. The standard InChI is InChI=1S/C14H9O.Be/c15-13-7-3-5-11-9-8-10-4-1-2-6-12(10)14(11)13;/h1-5,7-9,15H;/q-1;+2/p-1. The van der Waals surface area contributed by atoms with Crippen LogP contribution in [0.4, 0.5) is 0 Å². The van der Waals surface area contributed by atoms with Crippen molar-refractivity contribution in [3.63, 3.8) is 0 Å². The van der Waals surface area contributed by atoms with Crippen molar-refractivity contribution in [1.29, 1.82) is 0 Å². The summed E-state index contributed by atoms with van der Waals surface area (Å²) < 4.78 is 0. The van der Waals surface area contributed by atoms with Gasteiger partial charge in [-0.2, -0.15) is 0 Å². The molecule has 72 valence electrons. The van der Waals surface area contributed by atoms with Crippen LogP contribution in [0.2, 0.25) is 0 Å². The molecule has 0 fully saturated rings. The summed E-state index contributed by atoms with van der Waals surface area (Å²) >= 11 is 0. The van der Waals surface area contributed by atoms with Crippen LogP contribution >= 0.6 is 0 Å². The Labute approximate surface area is 97.6 Å². The topological polar surface area (TPSA) is 23.1 Å². The van der Waals surface area contributed by atoms with Gasteiger partial charge in [-0.05, 0) is 0 Å². The predicted molar refractivity (Wildman–Crippen MR) is 65.5 cm³/mol. The van der Waals surface area contributed by atoms with Crippen molar-refractivity contribution in [3.8, 4) is 5.75 Å². The summed E-state index contributed by atoms with van der Waals surface area (Å²) in [6.45, 7) is 0. The largest absolute Gasteiger partial charge is 2.00 e. The normalized spacial score (nSPS) is 10.2. The summed E-state index contributed by atoms with van der Waals surface area (Å²) in [6, 6.07) is 18.3. The van der Waals surface area contributed by atoms with Crippen molar-refractivity contribution >= 4 is 31.7 Å². The van der Waals surface area contributed by atoms with Gasteiger partial charge in [0.15, 0.2) is 0 Å². The molecule has 0 aliphatic heterocycles. The molecule has 0 atom stereocenters. The van der Waals surface area contributed by atoms with E-state index in [1.807, 2.05) is 36.4 Å². The van der Waals surface area contributed by atoms with Gasteiger partial charge in [0.1, 0.15) is 0 Å². The van der Waals surface area contributed by atoms with Gasteiger partial charge in [-0.25, -0.2) is 0 Å². The molecule has 0 N–H and O–H groups in total. The van der Waals surface area contributed by atoms with E-state index in [1.165, 1.54) is 0 Å². The second-order valence-electron chi connectivity index (χ2n) is 3.55. The zero-order chi connectivity index (χ0) is 10.3. The van der Waals surface area contributed by atoms with Crippen LogP contribution in [0.1, 0.15) is 0 Å². The van der Waals surface area contributed by atoms with Crippen molar-refractivity contribution in [2.24, 2.45) is 0 Å². The smallest absolute Gasteiger partial charge is 0.879 e. The third-order valence-electron chi connectivity index (χ3n) is 2.64. The Kier molecular flexibility index (Phi) is 2.64. The predicted octanol–water partition coefficient (Wildman–Crippen LogP) is 2.49. The zero-order valence-electron chi connectivity index (χ0n) is 8.73. The van der Waals surface area contributed by atoms with Gasteiger partial charge in [0, 0.05) is 0 Å². The molecule has 2 heteroatoms. The summed E-state index contributed by atoms with van der Waals surface area (Å²) in [7, 11) is 0.